The van der Waals surface area contributed by atoms with Gasteiger partial charge >= 0.3 is 5.97 Å². The summed E-state index contributed by atoms with van der Waals surface area (Å²) >= 11 is 0. The summed E-state index contributed by atoms with van der Waals surface area (Å²) in [7, 11) is 0.386. The summed E-state index contributed by atoms with van der Waals surface area (Å²) < 4.78 is 4.93. The molecule has 1 rings (SSSR count). The first-order chi connectivity index (χ1) is 5.74. The van der Waals surface area contributed by atoms with Crippen molar-refractivity contribution in [1.82, 2.24) is 0 Å². The predicted molar refractivity (Wildman–Crippen MR) is 52.4 cm³/mol. The van der Waals surface area contributed by atoms with E-state index in [0.717, 1.165) is 17.7 Å². The highest BCUT2D eigenvalue weighted by Crippen LogP contribution is 2.13. The number of carbonyl (C=O) groups is 1. The molecule has 1 aliphatic heterocycles. The molecular weight excluding hydrogens is 208 g/mol. The Morgan fingerprint density at radius 1 is 1.69 bits per heavy atom. The van der Waals surface area contributed by atoms with Crippen LogP contribution in [0.25, 0.3) is 0 Å². The lowest BCUT2D eigenvalue weighted by molar-refractivity contribution is -0.138. The Morgan fingerprint density at radius 3 is 2.92 bits per heavy atom. The first-order valence-electron chi connectivity index (χ1n) is 4.19. The van der Waals surface area contributed by atoms with E-state index in [1.165, 1.54) is 5.75 Å². The van der Waals surface area contributed by atoms with Gasteiger partial charge in [0.05, 0.1) is 18.4 Å². The second-order valence-electron chi connectivity index (χ2n) is 2.87. The fourth-order valence-electron chi connectivity index (χ4n) is 1.20. The molecule has 0 saturated heterocycles. The van der Waals surface area contributed by atoms with E-state index in [1.54, 1.807) is 0 Å². The molecule has 2 nitrogen and oxygen atoms in total. The normalized spacial score (nSPS) is 21.4. The lowest BCUT2D eigenvalue weighted by Crippen LogP contribution is -3.00. The van der Waals surface area contributed by atoms with Gasteiger partial charge in [-0.25, -0.2) is 4.79 Å². The van der Waals surface area contributed by atoms with Gasteiger partial charge in [0, 0.05) is 6.42 Å². The Bertz CT molecular complexity index is 204. The number of allylic oxidation sites excluding steroid dienone is 1. The average Bonchev–Trinajstić information content (AvgIpc) is 2.05. The molecule has 1 unspecified atom stereocenters. The van der Waals surface area contributed by atoms with Crippen LogP contribution in [0.1, 0.15) is 13.3 Å². The van der Waals surface area contributed by atoms with E-state index >= 15 is 0 Å². The number of carbonyl (C=O) groups excluding carboxylic acids is 1. The molecule has 0 N–H and O–H groups in total. The third-order valence-corrected chi connectivity index (χ3v) is 3.53. The summed E-state index contributed by atoms with van der Waals surface area (Å²) in [5.74, 6) is 2.03. The molecule has 1 aliphatic rings. The molecule has 0 fully saturated rings. The second kappa shape index (κ2) is 6.33. The van der Waals surface area contributed by atoms with Gasteiger partial charge in [0.15, 0.2) is 0 Å². The van der Waals surface area contributed by atoms with Crippen LogP contribution in [-0.2, 0) is 20.4 Å². The number of hydrogen-bond donors (Lipinski definition) is 0. The quantitative estimate of drug-likeness (QED) is 0.405. The molecule has 0 saturated carbocycles. The van der Waals surface area contributed by atoms with Crippen molar-refractivity contribution in [2.45, 2.75) is 13.3 Å². The van der Waals surface area contributed by atoms with Crippen molar-refractivity contribution >= 4 is 16.9 Å². The summed E-state index contributed by atoms with van der Waals surface area (Å²) in [5, 5.41) is 0. The molecule has 0 aromatic heterocycles. The van der Waals surface area contributed by atoms with Crippen LogP contribution in [0.15, 0.2) is 11.6 Å². The molecule has 0 amide bonds. The van der Waals surface area contributed by atoms with Crippen LogP contribution in [0.3, 0.4) is 0 Å². The molecule has 0 spiro atoms. The number of rotatable bonds is 2. The van der Waals surface area contributed by atoms with Crippen LogP contribution in [0, 0.1) is 0 Å². The summed E-state index contributed by atoms with van der Waals surface area (Å²) in [6, 6.07) is 0. The van der Waals surface area contributed by atoms with Crippen molar-refractivity contribution in [3.63, 3.8) is 0 Å². The number of esters is 1. The lowest BCUT2D eigenvalue weighted by Gasteiger charge is -2.10. The molecule has 1 atom stereocenters. The molecule has 0 radical (unpaired) electrons. The van der Waals surface area contributed by atoms with Crippen molar-refractivity contribution in [2.24, 2.45) is 0 Å². The third kappa shape index (κ3) is 4.05. The van der Waals surface area contributed by atoms with Crippen LogP contribution < -0.4 is 12.4 Å². The van der Waals surface area contributed by atoms with Gasteiger partial charge in [0.1, 0.15) is 11.5 Å². The SMILES string of the molecule is CCOC(=O)C1=CCC[S+](C)C1.[Cl-]. The monoisotopic (exact) mass is 222 g/mol. The van der Waals surface area contributed by atoms with E-state index in [0.29, 0.717) is 17.5 Å². The van der Waals surface area contributed by atoms with Crippen molar-refractivity contribution in [3.05, 3.63) is 11.6 Å². The van der Waals surface area contributed by atoms with Crippen LogP contribution >= 0.6 is 0 Å². The van der Waals surface area contributed by atoms with E-state index in [1.807, 2.05) is 13.0 Å². The Hall–Kier alpha value is -0.150. The molecule has 1 heterocycles. The second-order valence-corrected chi connectivity index (χ2v) is 5.13. The zero-order valence-corrected chi connectivity index (χ0v) is 9.58. The van der Waals surface area contributed by atoms with Crippen molar-refractivity contribution in [1.29, 1.82) is 0 Å². The smallest absolute Gasteiger partial charge is 0.338 e. The van der Waals surface area contributed by atoms with Gasteiger partial charge in [-0.05, 0) is 17.8 Å². The van der Waals surface area contributed by atoms with E-state index in [2.05, 4.69) is 6.26 Å². The van der Waals surface area contributed by atoms with Gasteiger partial charge in [-0.2, -0.15) is 0 Å². The van der Waals surface area contributed by atoms with Crippen LogP contribution in [-0.4, -0.2) is 30.3 Å². The summed E-state index contributed by atoms with van der Waals surface area (Å²) in [5.41, 5.74) is 0.883. The molecule has 4 heteroatoms. The minimum Gasteiger partial charge on any atom is -1.00 e. The van der Waals surface area contributed by atoms with Crippen LogP contribution in [0.5, 0.6) is 0 Å². The first kappa shape index (κ1) is 12.8. The Labute approximate surface area is 88.5 Å². The Kier molecular flexibility index (Phi) is 6.25. The highest BCUT2D eigenvalue weighted by Gasteiger charge is 2.23. The highest BCUT2D eigenvalue weighted by atomic mass is 35.5. The van der Waals surface area contributed by atoms with Crippen LogP contribution in [0.2, 0.25) is 0 Å². The Balaban J connectivity index is 0.00000144. The highest BCUT2D eigenvalue weighted by molar-refractivity contribution is 7.96. The molecule has 0 aromatic rings. The molecular formula is C9H15ClO2S. The molecule has 0 aromatic carbocycles. The van der Waals surface area contributed by atoms with Crippen molar-refractivity contribution in [3.8, 4) is 0 Å². The standard InChI is InChI=1S/C9H15O2S.ClH/c1-3-11-9(10)8-5-4-6-12(2)7-8;/h5H,3-4,6-7H2,1-2H3;1H/q+1;/p-1. The van der Waals surface area contributed by atoms with E-state index in [-0.39, 0.29) is 18.4 Å². The first-order valence-corrected chi connectivity index (χ1v) is 6.16. The van der Waals surface area contributed by atoms with Crippen molar-refractivity contribution < 1.29 is 21.9 Å². The molecule has 0 aliphatic carbocycles. The van der Waals surface area contributed by atoms with E-state index < -0.39 is 0 Å². The lowest BCUT2D eigenvalue weighted by atomic mass is 10.2. The maximum Gasteiger partial charge on any atom is 0.338 e. The third-order valence-electron chi connectivity index (χ3n) is 1.80. The summed E-state index contributed by atoms with van der Waals surface area (Å²) in [6.07, 6.45) is 5.25. The minimum atomic E-state index is -0.114. The fourth-order valence-corrected chi connectivity index (χ4v) is 2.63. The zero-order chi connectivity index (χ0) is 8.97. The predicted octanol–water partition coefficient (Wildman–Crippen LogP) is -1.87. The van der Waals surface area contributed by atoms with Gasteiger partial charge in [-0.1, -0.05) is 6.08 Å². The van der Waals surface area contributed by atoms with Gasteiger partial charge in [-0.3, -0.25) is 0 Å². The average molecular weight is 223 g/mol. The number of ether oxygens (including phenoxy) is 1. The van der Waals surface area contributed by atoms with Gasteiger partial charge in [-0.15, -0.1) is 0 Å². The molecule has 0 bridgehead atoms. The van der Waals surface area contributed by atoms with Crippen LogP contribution in [0.4, 0.5) is 0 Å². The largest absolute Gasteiger partial charge is 1.00 e. The Morgan fingerprint density at radius 2 is 2.38 bits per heavy atom. The summed E-state index contributed by atoms with van der Waals surface area (Å²) in [4.78, 5) is 11.3. The van der Waals surface area contributed by atoms with E-state index in [4.69, 9.17) is 4.74 Å². The van der Waals surface area contributed by atoms with Gasteiger partial charge in [0.25, 0.3) is 0 Å². The molecule has 76 valence electrons. The number of hydrogen-bond acceptors (Lipinski definition) is 2. The zero-order valence-electron chi connectivity index (χ0n) is 8.01. The van der Waals surface area contributed by atoms with Crippen molar-refractivity contribution in [2.75, 3.05) is 24.4 Å². The fraction of sp³-hybridized carbons (Fsp3) is 0.667. The van der Waals surface area contributed by atoms with Gasteiger partial charge < -0.3 is 17.1 Å². The molecule has 13 heavy (non-hydrogen) atoms. The maximum atomic E-state index is 11.3. The van der Waals surface area contributed by atoms with Gasteiger partial charge in [0.2, 0.25) is 0 Å². The van der Waals surface area contributed by atoms with E-state index in [9.17, 15) is 4.79 Å². The number of halogens is 1. The maximum absolute atomic E-state index is 11.3. The topological polar surface area (TPSA) is 26.3 Å². The minimum absolute atomic E-state index is 0. The summed E-state index contributed by atoms with van der Waals surface area (Å²) in [6.45, 7) is 2.32.